The van der Waals surface area contributed by atoms with Gasteiger partial charge in [-0.1, -0.05) is 12.1 Å². The van der Waals surface area contributed by atoms with Crippen LogP contribution in [0.1, 0.15) is 12.0 Å². The molecule has 2 nitrogen and oxygen atoms in total. The molecule has 0 fully saturated rings. The fourth-order valence-electron chi connectivity index (χ4n) is 1.73. The zero-order valence-electron chi connectivity index (χ0n) is 10.3. The Morgan fingerprint density at radius 3 is 2.50 bits per heavy atom. The van der Waals surface area contributed by atoms with Gasteiger partial charge in [0.2, 0.25) is 0 Å². The molecule has 0 atom stereocenters. The van der Waals surface area contributed by atoms with Crippen molar-refractivity contribution in [1.82, 2.24) is 5.32 Å². The summed E-state index contributed by atoms with van der Waals surface area (Å²) in [5.41, 5.74) is 0.860. The first-order valence-electron chi connectivity index (χ1n) is 5.55. The third-order valence-corrected chi connectivity index (χ3v) is 2.55. The lowest BCUT2D eigenvalue weighted by molar-refractivity contribution is -0.132. The minimum Gasteiger partial charge on any atom is -0.372 e. The standard InChI is InChI=1S/C12H16F4N2/c1-17-8-9-4-3-5-10(13)11(9)18(2)7-6-12(14,15)16/h3-5,17H,6-8H2,1-2H3. The van der Waals surface area contributed by atoms with Gasteiger partial charge >= 0.3 is 6.18 Å². The van der Waals surface area contributed by atoms with Gasteiger partial charge in [0, 0.05) is 20.1 Å². The molecule has 1 N–H and O–H groups in total. The van der Waals surface area contributed by atoms with Gasteiger partial charge in [-0.25, -0.2) is 4.39 Å². The molecular weight excluding hydrogens is 248 g/mol. The normalized spacial score (nSPS) is 11.7. The number of nitrogens with zero attached hydrogens (tertiary/aromatic N) is 1. The van der Waals surface area contributed by atoms with Crippen LogP contribution < -0.4 is 10.2 Å². The summed E-state index contributed by atoms with van der Waals surface area (Å²) in [4.78, 5) is 1.30. The lowest BCUT2D eigenvalue weighted by Crippen LogP contribution is -2.26. The van der Waals surface area contributed by atoms with Gasteiger partial charge in [0.15, 0.2) is 0 Å². The molecule has 1 aromatic carbocycles. The highest BCUT2D eigenvalue weighted by molar-refractivity contribution is 5.54. The molecule has 1 aromatic rings. The van der Waals surface area contributed by atoms with Crippen LogP contribution in [0.4, 0.5) is 23.2 Å². The second kappa shape index (κ2) is 6.04. The Labute approximate surface area is 104 Å². The molecule has 0 aromatic heterocycles. The van der Waals surface area contributed by atoms with Crippen LogP contribution in [0.15, 0.2) is 18.2 Å². The Hall–Kier alpha value is -1.30. The van der Waals surface area contributed by atoms with Gasteiger partial charge in [0.25, 0.3) is 0 Å². The monoisotopic (exact) mass is 264 g/mol. The van der Waals surface area contributed by atoms with Crippen LogP contribution in [-0.2, 0) is 6.54 Å². The second-order valence-corrected chi connectivity index (χ2v) is 4.06. The summed E-state index contributed by atoms with van der Waals surface area (Å²) >= 11 is 0. The van der Waals surface area contributed by atoms with Crippen molar-refractivity contribution in [3.63, 3.8) is 0 Å². The second-order valence-electron chi connectivity index (χ2n) is 4.06. The van der Waals surface area contributed by atoms with Crippen LogP contribution in [0.3, 0.4) is 0 Å². The number of para-hydroxylation sites is 1. The first-order valence-corrected chi connectivity index (χ1v) is 5.55. The summed E-state index contributed by atoms with van der Waals surface area (Å²) < 4.78 is 50.1. The molecule has 6 heteroatoms. The fraction of sp³-hybridized carbons (Fsp3) is 0.500. The van der Waals surface area contributed by atoms with Crippen molar-refractivity contribution in [3.05, 3.63) is 29.6 Å². The van der Waals surface area contributed by atoms with Gasteiger partial charge in [-0.2, -0.15) is 13.2 Å². The Morgan fingerprint density at radius 2 is 1.94 bits per heavy atom. The van der Waals surface area contributed by atoms with Crippen molar-refractivity contribution >= 4 is 5.69 Å². The maximum Gasteiger partial charge on any atom is 0.390 e. The number of hydrogen-bond acceptors (Lipinski definition) is 2. The van der Waals surface area contributed by atoms with Crippen LogP contribution in [0.5, 0.6) is 0 Å². The highest BCUT2D eigenvalue weighted by Gasteiger charge is 2.27. The van der Waals surface area contributed by atoms with E-state index in [1.165, 1.54) is 18.0 Å². The molecule has 0 radical (unpaired) electrons. The molecule has 0 aliphatic heterocycles. The van der Waals surface area contributed by atoms with Crippen molar-refractivity contribution in [3.8, 4) is 0 Å². The maximum absolute atomic E-state index is 13.7. The highest BCUT2D eigenvalue weighted by atomic mass is 19.4. The molecule has 18 heavy (non-hydrogen) atoms. The summed E-state index contributed by atoms with van der Waals surface area (Å²) in [7, 11) is 3.16. The predicted octanol–water partition coefficient (Wildman–Crippen LogP) is 2.93. The van der Waals surface area contributed by atoms with Gasteiger partial charge in [-0.15, -0.1) is 0 Å². The maximum atomic E-state index is 13.7. The number of anilines is 1. The zero-order valence-corrected chi connectivity index (χ0v) is 10.3. The van der Waals surface area contributed by atoms with E-state index in [0.717, 1.165) is 0 Å². The van der Waals surface area contributed by atoms with Crippen LogP contribution in [-0.4, -0.2) is 26.8 Å². The fourth-order valence-corrected chi connectivity index (χ4v) is 1.73. The summed E-state index contributed by atoms with van der Waals surface area (Å²) in [6, 6.07) is 4.49. The van der Waals surface area contributed by atoms with E-state index in [4.69, 9.17) is 0 Å². The van der Waals surface area contributed by atoms with Crippen LogP contribution in [0.2, 0.25) is 0 Å². The highest BCUT2D eigenvalue weighted by Crippen LogP contribution is 2.26. The average molecular weight is 264 g/mol. The van der Waals surface area contributed by atoms with Crippen molar-refractivity contribution in [2.75, 3.05) is 25.5 Å². The lowest BCUT2D eigenvalue weighted by Gasteiger charge is -2.23. The number of benzene rings is 1. The minimum atomic E-state index is -4.23. The van der Waals surface area contributed by atoms with Gasteiger partial charge in [0.05, 0.1) is 12.1 Å². The first kappa shape index (κ1) is 14.8. The average Bonchev–Trinajstić information content (AvgIpc) is 2.26. The van der Waals surface area contributed by atoms with Crippen LogP contribution in [0, 0.1) is 5.82 Å². The summed E-state index contributed by atoms with van der Waals surface area (Å²) in [6.07, 6.45) is -5.19. The van der Waals surface area contributed by atoms with Crippen LogP contribution in [0.25, 0.3) is 0 Å². The molecule has 0 aliphatic carbocycles. The van der Waals surface area contributed by atoms with Crippen molar-refractivity contribution in [2.45, 2.75) is 19.1 Å². The molecule has 0 bridgehead atoms. The molecule has 0 spiro atoms. The third-order valence-electron chi connectivity index (χ3n) is 2.55. The van der Waals surface area contributed by atoms with E-state index in [2.05, 4.69) is 5.32 Å². The smallest absolute Gasteiger partial charge is 0.372 e. The quantitative estimate of drug-likeness (QED) is 0.823. The zero-order chi connectivity index (χ0) is 13.8. The predicted molar refractivity (Wildman–Crippen MR) is 63.1 cm³/mol. The van der Waals surface area contributed by atoms with Gasteiger partial charge in [-0.3, -0.25) is 0 Å². The molecule has 0 unspecified atom stereocenters. The molecular formula is C12H16F4N2. The topological polar surface area (TPSA) is 15.3 Å². The van der Waals surface area contributed by atoms with Crippen molar-refractivity contribution in [2.24, 2.45) is 0 Å². The van der Waals surface area contributed by atoms with Crippen molar-refractivity contribution < 1.29 is 17.6 Å². The van der Waals surface area contributed by atoms with E-state index in [0.29, 0.717) is 12.1 Å². The minimum absolute atomic E-state index is 0.219. The van der Waals surface area contributed by atoms with E-state index in [1.807, 2.05) is 0 Å². The Kier molecular flexibility index (Phi) is 4.95. The Bertz CT molecular complexity index is 390. The number of rotatable bonds is 5. The number of hydrogen-bond donors (Lipinski definition) is 1. The lowest BCUT2D eigenvalue weighted by atomic mass is 10.1. The number of halogens is 4. The van der Waals surface area contributed by atoms with E-state index in [1.54, 1.807) is 19.2 Å². The van der Waals surface area contributed by atoms with E-state index < -0.39 is 18.4 Å². The summed E-state index contributed by atoms with van der Waals surface area (Å²) in [6.45, 7) is 0.143. The Morgan fingerprint density at radius 1 is 1.28 bits per heavy atom. The van der Waals surface area contributed by atoms with Crippen LogP contribution >= 0.6 is 0 Å². The molecule has 0 saturated carbocycles. The summed E-state index contributed by atoms with van der Waals surface area (Å²) in [5.74, 6) is -0.507. The molecule has 0 saturated heterocycles. The van der Waals surface area contributed by atoms with E-state index >= 15 is 0 Å². The van der Waals surface area contributed by atoms with E-state index in [9.17, 15) is 17.6 Å². The van der Waals surface area contributed by atoms with Crippen molar-refractivity contribution in [1.29, 1.82) is 0 Å². The van der Waals surface area contributed by atoms with Gasteiger partial charge < -0.3 is 10.2 Å². The van der Waals surface area contributed by atoms with Gasteiger partial charge in [0.1, 0.15) is 5.82 Å². The Balaban J connectivity index is 2.86. The largest absolute Gasteiger partial charge is 0.390 e. The van der Waals surface area contributed by atoms with Gasteiger partial charge in [-0.05, 0) is 18.7 Å². The molecule has 1 rings (SSSR count). The first-order chi connectivity index (χ1) is 8.35. The number of nitrogens with one attached hydrogen (secondary N) is 1. The summed E-state index contributed by atoms with van der Waals surface area (Å²) in [5, 5.41) is 2.86. The SMILES string of the molecule is CNCc1cccc(F)c1N(C)CCC(F)(F)F. The molecule has 102 valence electrons. The molecule has 0 amide bonds. The van der Waals surface area contributed by atoms with E-state index in [-0.39, 0.29) is 12.2 Å². The number of alkyl halides is 3. The molecule has 0 aliphatic rings. The third kappa shape index (κ3) is 4.18. The molecule has 0 heterocycles.